The van der Waals surface area contributed by atoms with Crippen molar-refractivity contribution in [3.8, 4) is 0 Å². The van der Waals surface area contributed by atoms with Gasteiger partial charge in [-0.15, -0.1) is 0 Å². The Bertz CT molecular complexity index is 695. The molecule has 0 saturated carbocycles. The fourth-order valence-electron chi connectivity index (χ4n) is 1.45. The van der Waals surface area contributed by atoms with Crippen molar-refractivity contribution in [3.05, 3.63) is 49.5 Å². The third kappa shape index (κ3) is 3.35. The number of carboxylic acids is 1. The van der Waals surface area contributed by atoms with Crippen molar-refractivity contribution in [2.24, 2.45) is 0 Å². The monoisotopic (exact) mass is 394 g/mol. The fraction of sp³-hybridized carbons (Fsp3) is 0. The summed E-state index contributed by atoms with van der Waals surface area (Å²) in [5.41, 5.74) is 0.417. The van der Waals surface area contributed by atoms with E-state index in [1.54, 1.807) is 0 Å². The Morgan fingerprint density at radius 1 is 1.15 bits per heavy atom. The molecule has 0 fully saturated rings. The first-order chi connectivity index (χ1) is 9.38. The predicted molar refractivity (Wildman–Crippen MR) is 83.7 cm³/mol. The zero-order valence-electron chi connectivity index (χ0n) is 9.62. The third-order valence-electron chi connectivity index (χ3n) is 2.35. The Morgan fingerprint density at radius 3 is 2.45 bits per heavy atom. The molecule has 1 heterocycles. The van der Waals surface area contributed by atoms with Gasteiger partial charge < -0.3 is 10.4 Å². The summed E-state index contributed by atoms with van der Waals surface area (Å²) in [6.45, 7) is 0. The Hall–Kier alpha value is -1.01. The minimum absolute atomic E-state index is 0.00140. The zero-order valence-corrected chi connectivity index (χ0v) is 13.5. The molecule has 2 N–H and O–H groups in total. The van der Waals surface area contributed by atoms with Crippen molar-refractivity contribution >= 4 is 68.2 Å². The van der Waals surface area contributed by atoms with Crippen molar-refractivity contribution in [1.82, 2.24) is 4.98 Å². The maximum Gasteiger partial charge on any atom is 0.339 e. The predicted octanol–water partition coefficient (Wildman–Crippen LogP) is 5.25. The number of carboxylic acid groups (broad SMARTS) is 1. The molecule has 0 saturated heterocycles. The number of halogens is 4. The summed E-state index contributed by atoms with van der Waals surface area (Å²) in [7, 11) is 0. The highest BCUT2D eigenvalue weighted by atomic mass is 79.9. The summed E-state index contributed by atoms with van der Waals surface area (Å²) in [5.74, 6) is -0.960. The van der Waals surface area contributed by atoms with Crippen LogP contribution in [0.3, 0.4) is 0 Å². The molecular weight excluding hydrogens is 390 g/mol. The minimum atomic E-state index is -1.11. The van der Waals surface area contributed by atoms with Crippen LogP contribution in [0.2, 0.25) is 15.1 Å². The number of carbonyl (C=O) groups is 1. The number of pyridine rings is 1. The quantitative estimate of drug-likeness (QED) is 0.696. The Kier molecular flexibility index (Phi) is 4.75. The van der Waals surface area contributed by atoms with E-state index < -0.39 is 5.97 Å². The molecule has 0 amide bonds. The van der Waals surface area contributed by atoms with Gasteiger partial charge >= 0.3 is 5.97 Å². The zero-order chi connectivity index (χ0) is 14.9. The van der Waals surface area contributed by atoms with Crippen molar-refractivity contribution in [2.45, 2.75) is 0 Å². The maximum absolute atomic E-state index is 11.2. The van der Waals surface area contributed by atoms with E-state index in [-0.39, 0.29) is 11.4 Å². The molecule has 0 aliphatic rings. The lowest BCUT2D eigenvalue weighted by Gasteiger charge is -2.11. The van der Waals surface area contributed by atoms with Crippen LogP contribution in [0.1, 0.15) is 10.4 Å². The molecule has 1 aromatic heterocycles. The van der Waals surface area contributed by atoms with E-state index in [1.807, 2.05) is 0 Å². The average Bonchev–Trinajstić information content (AvgIpc) is 2.37. The highest BCUT2D eigenvalue weighted by Crippen LogP contribution is 2.34. The van der Waals surface area contributed by atoms with Gasteiger partial charge in [-0.1, -0.05) is 34.8 Å². The standard InChI is InChI=1S/C12H6BrCl3N2O2/c13-5-1-6(12(19)20)11(17-4-5)18-10-3-8(15)7(14)2-9(10)16/h1-4H,(H,17,18)(H,19,20). The van der Waals surface area contributed by atoms with Crippen LogP contribution in [-0.4, -0.2) is 16.1 Å². The van der Waals surface area contributed by atoms with Gasteiger partial charge in [-0.25, -0.2) is 9.78 Å². The molecule has 20 heavy (non-hydrogen) atoms. The van der Waals surface area contributed by atoms with Crippen molar-refractivity contribution in [2.75, 3.05) is 5.32 Å². The summed E-state index contributed by atoms with van der Waals surface area (Å²) in [4.78, 5) is 15.2. The topological polar surface area (TPSA) is 62.2 Å². The van der Waals surface area contributed by atoms with Gasteiger partial charge in [-0.2, -0.15) is 0 Å². The number of aromatic nitrogens is 1. The van der Waals surface area contributed by atoms with Crippen molar-refractivity contribution in [3.63, 3.8) is 0 Å². The lowest BCUT2D eigenvalue weighted by atomic mass is 10.2. The van der Waals surface area contributed by atoms with Crippen molar-refractivity contribution in [1.29, 1.82) is 0 Å². The number of aromatic carboxylic acids is 1. The number of hydrogen-bond acceptors (Lipinski definition) is 3. The van der Waals surface area contributed by atoms with Gasteiger partial charge in [0.2, 0.25) is 0 Å². The first-order valence-electron chi connectivity index (χ1n) is 5.19. The van der Waals surface area contributed by atoms with Crippen LogP contribution in [0.15, 0.2) is 28.9 Å². The Morgan fingerprint density at radius 2 is 1.80 bits per heavy atom. The van der Waals surface area contributed by atoms with Crippen LogP contribution in [0.5, 0.6) is 0 Å². The first kappa shape index (κ1) is 15.4. The highest BCUT2D eigenvalue weighted by molar-refractivity contribution is 9.10. The molecule has 0 bridgehead atoms. The van der Waals surface area contributed by atoms with Crippen LogP contribution in [0.4, 0.5) is 11.5 Å². The van der Waals surface area contributed by atoms with Crippen LogP contribution in [0, 0.1) is 0 Å². The van der Waals surface area contributed by atoms with Crippen LogP contribution >= 0.6 is 50.7 Å². The number of benzene rings is 1. The summed E-state index contributed by atoms with van der Waals surface area (Å²) in [5, 5.41) is 12.9. The molecule has 1 aromatic carbocycles. The second-order valence-electron chi connectivity index (χ2n) is 3.73. The average molecular weight is 396 g/mol. The summed E-state index contributed by atoms with van der Waals surface area (Å²) >= 11 is 20.9. The number of rotatable bonds is 3. The lowest BCUT2D eigenvalue weighted by Crippen LogP contribution is -2.05. The maximum atomic E-state index is 11.2. The largest absolute Gasteiger partial charge is 0.478 e. The molecule has 104 valence electrons. The van der Waals surface area contributed by atoms with E-state index in [4.69, 9.17) is 39.9 Å². The molecular formula is C12H6BrCl3N2O2. The smallest absolute Gasteiger partial charge is 0.339 e. The van der Waals surface area contributed by atoms with Gasteiger partial charge in [-0.3, -0.25) is 0 Å². The fourth-order valence-corrected chi connectivity index (χ4v) is 2.37. The normalized spacial score (nSPS) is 10.4. The third-order valence-corrected chi connectivity index (χ3v) is 3.82. The Labute approximate surface area is 137 Å². The number of hydrogen-bond donors (Lipinski definition) is 2. The molecule has 0 spiro atoms. The second-order valence-corrected chi connectivity index (χ2v) is 5.86. The molecule has 0 unspecified atom stereocenters. The van der Waals surface area contributed by atoms with Gasteiger partial charge in [0.1, 0.15) is 11.4 Å². The summed E-state index contributed by atoms with van der Waals surface area (Å²) in [6.07, 6.45) is 1.47. The SMILES string of the molecule is O=C(O)c1cc(Br)cnc1Nc1cc(Cl)c(Cl)cc1Cl. The van der Waals surface area contributed by atoms with Crippen LogP contribution in [-0.2, 0) is 0 Å². The molecule has 2 rings (SSSR count). The summed E-state index contributed by atoms with van der Waals surface area (Å²) < 4.78 is 0.556. The molecule has 8 heteroatoms. The minimum Gasteiger partial charge on any atom is -0.478 e. The van der Waals surface area contributed by atoms with Crippen LogP contribution < -0.4 is 5.32 Å². The Balaban J connectivity index is 2.45. The molecule has 0 aliphatic carbocycles. The first-order valence-corrected chi connectivity index (χ1v) is 7.11. The van der Waals surface area contributed by atoms with Crippen LogP contribution in [0.25, 0.3) is 0 Å². The molecule has 2 aromatic rings. The van der Waals surface area contributed by atoms with Gasteiger partial charge in [0, 0.05) is 10.7 Å². The van der Waals surface area contributed by atoms with E-state index >= 15 is 0 Å². The summed E-state index contributed by atoms with van der Waals surface area (Å²) in [6, 6.07) is 4.40. The molecule has 0 aliphatic heterocycles. The van der Waals surface area contributed by atoms with Crippen molar-refractivity contribution < 1.29 is 9.90 Å². The number of nitrogens with zero attached hydrogens (tertiary/aromatic N) is 1. The molecule has 0 radical (unpaired) electrons. The van der Waals surface area contributed by atoms with E-state index in [9.17, 15) is 4.79 Å². The number of anilines is 2. The van der Waals surface area contributed by atoms with E-state index in [0.29, 0.717) is 25.2 Å². The number of nitrogens with one attached hydrogen (secondary N) is 1. The van der Waals surface area contributed by atoms with Gasteiger partial charge in [0.05, 0.1) is 20.8 Å². The van der Waals surface area contributed by atoms with Gasteiger partial charge in [0.25, 0.3) is 0 Å². The van der Waals surface area contributed by atoms with Gasteiger partial charge in [0.15, 0.2) is 0 Å². The van der Waals surface area contributed by atoms with E-state index in [2.05, 4.69) is 26.2 Å². The van der Waals surface area contributed by atoms with E-state index in [0.717, 1.165) is 0 Å². The lowest BCUT2D eigenvalue weighted by molar-refractivity contribution is 0.0697. The highest BCUT2D eigenvalue weighted by Gasteiger charge is 2.14. The molecule has 0 atom stereocenters. The molecule has 4 nitrogen and oxygen atoms in total. The second kappa shape index (κ2) is 6.18. The van der Waals surface area contributed by atoms with Gasteiger partial charge in [-0.05, 0) is 34.1 Å². The van der Waals surface area contributed by atoms with E-state index in [1.165, 1.54) is 24.4 Å².